The van der Waals surface area contributed by atoms with Crippen molar-refractivity contribution in [1.29, 1.82) is 0 Å². The number of nitrogen functional groups attached to an aromatic ring is 1. The number of halogens is 2. The van der Waals surface area contributed by atoms with E-state index in [0.717, 1.165) is 0 Å². The van der Waals surface area contributed by atoms with Crippen LogP contribution in [0.3, 0.4) is 0 Å². The number of hydrogen-bond acceptors (Lipinski definition) is 4. The first kappa shape index (κ1) is 13.5. The number of aromatic nitrogens is 2. The number of hydrogen-bond donors (Lipinski definition) is 1. The third-order valence-corrected chi connectivity index (χ3v) is 3.12. The molecule has 0 atom stereocenters. The number of rotatable bonds is 4. The number of carbonyl (C=O) groups excluding carboxylic acids is 1. The van der Waals surface area contributed by atoms with Crippen LogP contribution in [0, 0.1) is 5.82 Å². The van der Waals surface area contributed by atoms with Crippen LogP contribution in [0.4, 0.5) is 10.2 Å². The first-order valence-corrected chi connectivity index (χ1v) is 6.22. The lowest BCUT2D eigenvalue weighted by Crippen LogP contribution is -2.14. The lowest BCUT2D eigenvalue weighted by atomic mass is 10.2. The molecular formula is C12H11BrFN3O2. The van der Waals surface area contributed by atoms with E-state index in [4.69, 9.17) is 10.5 Å². The lowest BCUT2D eigenvalue weighted by Gasteiger charge is -2.07. The Labute approximate surface area is 117 Å². The third kappa shape index (κ3) is 3.78. The average Bonchev–Trinajstić information content (AvgIpc) is 2.76. The van der Waals surface area contributed by atoms with E-state index < -0.39 is 5.97 Å². The predicted octanol–water partition coefficient (Wildman–Crippen LogP) is 2.11. The second-order valence-electron chi connectivity index (χ2n) is 3.83. The van der Waals surface area contributed by atoms with Gasteiger partial charge in [0.25, 0.3) is 0 Å². The van der Waals surface area contributed by atoms with Crippen LogP contribution in [0.1, 0.15) is 5.56 Å². The van der Waals surface area contributed by atoms with Crippen LogP contribution in [0.15, 0.2) is 34.9 Å². The fraction of sp³-hybridized carbons (Fsp3) is 0.167. The molecule has 0 saturated heterocycles. The maximum absolute atomic E-state index is 13.0. The van der Waals surface area contributed by atoms with E-state index in [9.17, 15) is 9.18 Å². The van der Waals surface area contributed by atoms with Crippen molar-refractivity contribution in [2.75, 3.05) is 5.73 Å². The number of benzene rings is 1. The highest BCUT2D eigenvalue weighted by Gasteiger charge is 2.08. The van der Waals surface area contributed by atoms with Crippen molar-refractivity contribution >= 4 is 27.7 Å². The molecule has 0 bridgehead atoms. The molecule has 1 aromatic carbocycles. The third-order valence-electron chi connectivity index (χ3n) is 2.35. The molecule has 100 valence electrons. The maximum atomic E-state index is 13.0. The van der Waals surface area contributed by atoms with Crippen LogP contribution in [-0.4, -0.2) is 15.7 Å². The highest BCUT2D eigenvalue weighted by atomic mass is 79.9. The number of nitrogens with zero attached hydrogens (tertiary/aromatic N) is 2. The fourth-order valence-corrected chi connectivity index (χ4v) is 1.82. The van der Waals surface area contributed by atoms with Crippen LogP contribution in [0.5, 0.6) is 0 Å². The molecule has 7 heteroatoms. The number of ether oxygens (including phenoxy) is 1. The van der Waals surface area contributed by atoms with E-state index in [1.807, 2.05) is 0 Å². The molecule has 0 unspecified atom stereocenters. The van der Waals surface area contributed by atoms with Crippen molar-refractivity contribution in [1.82, 2.24) is 9.78 Å². The highest BCUT2D eigenvalue weighted by Crippen LogP contribution is 2.18. The molecule has 0 saturated carbocycles. The quantitative estimate of drug-likeness (QED) is 0.873. The van der Waals surface area contributed by atoms with Crippen LogP contribution < -0.4 is 5.73 Å². The summed E-state index contributed by atoms with van der Waals surface area (Å²) >= 11 is 3.26. The molecule has 19 heavy (non-hydrogen) atoms. The molecular weight excluding hydrogens is 317 g/mol. The molecule has 0 amide bonds. The SMILES string of the molecule is Nc1ccn(CC(=O)OCc2cc(F)ccc2Br)n1. The molecule has 2 N–H and O–H groups in total. The topological polar surface area (TPSA) is 70.1 Å². The molecule has 5 nitrogen and oxygen atoms in total. The zero-order valence-electron chi connectivity index (χ0n) is 9.85. The van der Waals surface area contributed by atoms with Gasteiger partial charge in [-0.3, -0.25) is 9.48 Å². The van der Waals surface area contributed by atoms with E-state index >= 15 is 0 Å². The van der Waals surface area contributed by atoms with Gasteiger partial charge in [-0.1, -0.05) is 15.9 Å². The molecule has 0 fully saturated rings. The minimum Gasteiger partial charge on any atom is -0.459 e. The summed E-state index contributed by atoms with van der Waals surface area (Å²) in [4.78, 5) is 11.6. The zero-order valence-corrected chi connectivity index (χ0v) is 11.4. The summed E-state index contributed by atoms with van der Waals surface area (Å²) in [6.45, 7) is -0.0436. The maximum Gasteiger partial charge on any atom is 0.328 e. The van der Waals surface area contributed by atoms with Gasteiger partial charge in [0, 0.05) is 16.2 Å². The molecule has 0 aliphatic heterocycles. The molecule has 2 aromatic rings. The van der Waals surface area contributed by atoms with Crippen LogP contribution >= 0.6 is 15.9 Å². The van der Waals surface area contributed by atoms with Crippen molar-refractivity contribution in [3.05, 3.63) is 46.3 Å². The average molecular weight is 328 g/mol. The summed E-state index contributed by atoms with van der Waals surface area (Å²) in [6, 6.07) is 5.77. The molecule has 0 aliphatic carbocycles. The Bertz CT molecular complexity index is 600. The Morgan fingerprint density at radius 3 is 2.95 bits per heavy atom. The van der Waals surface area contributed by atoms with Gasteiger partial charge in [-0.15, -0.1) is 0 Å². The van der Waals surface area contributed by atoms with Crippen molar-refractivity contribution in [3.8, 4) is 0 Å². The summed E-state index contributed by atoms with van der Waals surface area (Å²) < 4.78 is 20.1. The Balaban J connectivity index is 1.91. The summed E-state index contributed by atoms with van der Waals surface area (Å²) in [6.07, 6.45) is 1.58. The molecule has 0 aliphatic rings. The van der Waals surface area contributed by atoms with Gasteiger partial charge < -0.3 is 10.5 Å². The van der Waals surface area contributed by atoms with Gasteiger partial charge in [0.15, 0.2) is 0 Å². The van der Waals surface area contributed by atoms with Crippen molar-refractivity contribution in [3.63, 3.8) is 0 Å². The number of carbonyl (C=O) groups is 1. The van der Waals surface area contributed by atoms with Gasteiger partial charge in [0.1, 0.15) is 24.8 Å². The van der Waals surface area contributed by atoms with Gasteiger partial charge >= 0.3 is 5.97 Å². The van der Waals surface area contributed by atoms with E-state index in [0.29, 0.717) is 15.9 Å². The Morgan fingerprint density at radius 2 is 2.26 bits per heavy atom. The van der Waals surface area contributed by atoms with E-state index in [1.165, 1.54) is 16.8 Å². The molecule has 1 aromatic heterocycles. The zero-order chi connectivity index (χ0) is 13.8. The Kier molecular flexibility index (Phi) is 4.16. The van der Waals surface area contributed by atoms with Crippen LogP contribution in [0.2, 0.25) is 0 Å². The van der Waals surface area contributed by atoms with Crippen molar-refractivity contribution < 1.29 is 13.9 Å². The number of nitrogens with two attached hydrogens (primary N) is 1. The first-order valence-electron chi connectivity index (χ1n) is 5.43. The Morgan fingerprint density at radius 1 is 1.47 bits per heavy atom. The largest absolute Gasteiger partial charge is 0.459 e. The second-order valence-corrected chi connectivity index (χ2v) is 4.69. The van der Waals surface area contributed by atoms with Gasteiger partial charge in [-0.25, -0.2) is 4.39 Å². The van der Waals surface area contributed by atoms with Gasteiger partial charge in [-0.05, 0) is 24.3 Å². The van der Waals surface area contributed by atoms with Gasteiger partial charge in [0.05, 0.1) is 0 Å². The summed E-state index contributed by atoms with van der Waals surface area (Å²) in [5, 5.41) is 3.86. The van der Waals surface area contributed by atoms with Crippen molar-refractivity contribution in [2.45, 2.75) is 13.2 Å². The van der Waals surface area contributed by atoms with Gasteiger partial charge in [0.2, 0.25) is 0 Å². The lowest BCUT2D eigenvalue weighted by molar-refractivity contribution is -0.145. The standard InChI is InChI=1S/C12H11BrFN3O2/c13-10-2-1-9(14)5-8(10)7-19-12(18)6-17-4-3-11(15)16-17/h1-5H,6-7H2,(H2,15,16). The van der Waals surface area contributed by atoms with Crippen molar-refractivity contribution in [2.24, 2.45) is 0 Å². The summed E-state index contributed by atoms with van der Waals surface area (Å²) in [7, 11) is 0. The molecule has 0 radical (unpaired) electrons. The fourth-order valence-electron chi connectivity index (χ4n) is 1.46. The van der Waals surface area contributed by atoms with Crippen LogP contribution in [0.25, 0.3) is 0 Å². The number of anilines is 1. The van der Waals surface area contributed by atoms with E-state index in [1.54, 1.807) is 18.3 Å². The minimum atomic E-state index is -0.473. The smallest absolute Gasteiger partial charge is 0.328 e. The summed E-state index contributed by atoms with van der Waals surface area (Å²) in [5.41, 5.74) is 5.99. The van der Waals surface area contributed by atoms with E-state index in [2.05, 4.69) is 21.0 Å². The molecule has 1 heterocycles. The highest BCUT2D eigenvalue weighted by molar-refractivity contribution is 9.10. The monoisotopic (exact) mass is 327 g/mol. The molecule has 2 rings (SSSR count). The van der Waals surface area contributed by atoms with Crippen LogP contribution in [-0.2, 0) is 22.7 Å². The van der Waals surface area contributed by atoms with E-state index in [-0.39, 0.29) is 19.0 Å². The molecule has 0 spiro atoms. The normalized spacial score (nSPS) is 10.4. The number of esters is 1. The predicted molar refractivity (Wildman–Crippen MR) is 70.5 cm³/mol. The minimum absolute atomic E-state index is 0.00602. The summed E-state index contributed by atoms with van der Waals surface area (Å²) in [5.74, 6) is -0.519. The second kappa shape index (κ2) is 5.83. The van der Waals surface area contributed by atoms with Gasteiger partial charge in [-0.2, -0.15) is 5.10 Å². The Hall–Kier alpha value is -1.89. The first-order chi connectivity index (χ1) is 9.04.